The zero-order valence-electron chi connectivity index (χ0n) is 9.37. The molecule has 17 heavy (non-hydrogen) atoms. The summed E-state index contributed by atoms with van der Waals surface area (Å²) in [7, 11) is -0.662. The summed E-state index contributed by atoms with van der Waals surface area (Å²) in [4.78, 5) is 2.19. The number of anilines is 1. The zero-order chi connectivity index (χ0) is 12.3. The van der Waals surface area contributed by atoms with Gasteiger partial charge in [-0.15, -0.1) is 0 Å². The molecule has 0 bridgehead atoms. The Labute approximate surface area is 102 Å². The van der Waals surface area contributed by atoms with E-state index in [9.17, 15) is 4.21 Å². The highest BCUT2D eigenvalue weighted by Crippen LogP contribution is 2.17. The number of amidine groups is 1. The Bertz CT molecular complexity index is 435. The molecule has 0 aromatic heterocycles. The topological polar surface area (TPSA) is 78.9 Å². The molecular formula is C11H15N3O2S. The fraction of sp³-hybridized carbons (Fsp3) is 0.364. The smallest absolute Gasteiger partial charge is 0.170 e. The van der Waals surface area contributed by atoms with Gasteiger partial charge in [0.1, 0.15) is 0 Å². The van der Waals surface area contributed by atoms with E-state index < -0.39 is 10.8 Å². The molecule has 2 rings (SSSR count). The van der Waals surface area contributed by atoms with Gasteiger partial charge in [0, 0.05) is 46.6 Å². The van der Waals surface area contributed by atoms with Crippen molar-refractivity contribution in [1.29, 1.82) is 0 Å². The van der Waals surface area contributed by atoms with E-state index >= 15 is 0 Å². The SMILES string of the molecule is N/C(=N/O)c1ccc(N2CCS(=O)CC2)cc1. The summed E-state index contributed by atoms with van der Waals surface area (Å²) >= 11 is 0. The van der Waals surface area contributed by atoms with Crippen LogP contribution in [0.4, 0.5) is 5.69 Å². The molecule has 0 unspecified atom stereocenters. The molecule has 6 heteroatoms. The van der Waals surface area contributed by atoms with Gasteiger partial charge >= 0.3 is 0 Å². The molecule has 0 radical (unpaired) electrons. The second-order valence-electron chi connectivity index (χ2n) is 3.87. The first kappa shape index (κ1) is 11.9. The van der Waals surface area contributed by atoms with E-state index in [2.05, 4.69) is 10.1 Å². The Morgan fingerprint density at radius 1 is 1.29 bits per heavy atom. The molecule has 0 saturated carbocycles. The Kier molecular flexibility index (Phi) is 3.63. The monoisotopic (exact) mass is 253 g/mol. The van der Waals surface area contributed by atoms with E-state index in [0.29, 0.717) is 5.56 Å². The van der Waals surface area contributed by atoms with Crippen molar-refractivity contribution in [3.8, 4) is 0 Å². The summed E-state index contributed by atoms with van der Waals surface area (Å²) in [6.07, 6.45) is 0. The number of hydrogen-bond donors (Lipinski definition) is 2. The summed E-state index contributed by atoms with van der Waals surface area (Å²) < 4.78 is 11.2. The lowest BCUT2D eigenvalue weighted by Crippen LogP contribution is -2.37. The summed E-state index contributed by atoms with van der Waals surface area (Å²) in [5, 5.41) is 11.5. The standard InChI is InChI=1S/C11H15N3O2S/c12-11(13-15)9-1-3-10(4-2-9)14-5-7-17(16)8-6-14/h1-4,15H,5-8H2,(H2,12,13). The number of hydrogen-bond acceptors (Lipinski definition) is 4. The molecule has 0 amide bonds. The molecule has 0 spiro atoms. The quantitative estimate of drug-likeness (QED) is 0.345. The lowest BCUT2D eigenvalue weighted by Gasteiger charge is -2.28. The second-order valence-corrected chi connectivity index (χ2v) is 5.56. The van der Waals surface area contributed by atoms with Crippen LogP contribution in [-0.4, -0.2) is 39.8 Å². The Hall–Kier alpha value is -1.56. The second kappa shape index (κ2) is 5.18. The normalized spacial score (nSPS) is 18.4. The van der Waals surface area contributed by atoms with Crippen molar-refractivity contribution in [2.75, 3.05) is 29.5 Å². The van der Waals surface area contributed by atoms with Crippen molar-refractivity contribution < 1.29 is 9.42 Å². The molecule has 1 aliphatic rings. The third kappa shape index (κ3) is 2.76. The van der Waals surface area contributed by atoms with Gasteiger partial charge in [-0.05, 0) is 24.3 Å². The molecule has 1 aliphatic heterocycles. The minimum Gasteiger partial charge on any atom is -0.409 e. The van der Waals surface area contributed by atoms with Crippen molar-refractivity contribution in [3.05, 3.63) is 29.8 Å². The average Bonchev–Trinajstić information content (AvgIpc) is 2.39. The summed E-state index contributed by atoms with van der Waals surface area (Å²) in [6.45, 7) is 1.63. The van der Waals surface area contributed by atoms with Crippen molar-refractivity contribution in [2.45, 2.75) is 0 Å². The van der Waals surface area contributed by atoms with Crippen LogP contribution < -0.4 is 10.6 Å². The molecule has 0 aliphatic carbocycles. The van der Waals surface area contributed by atoms with Crippen LogP contribution in [-0.2, 0) is 10.8 Å². The van der Waals surface area contributed by atoms with E-state index in [1.807, 2.05) is 24.3 Å². The molecule has 3 N–H and O–H groups in total. The summed E-state index contributed by atoms with van der Waals surface area (Å²) in [6, 6.07) is 7.50. The van der Waals surface area contributed by atoms with Crippen LogP contribution in [0.15, 0.2) is 29.4 Å². The Balaban J connectivity index is 2.10. The van der Waals surface area contributed by atoms with Gasteiger partial charge in [-0.3, -0.25) is 4.21 Å². The van der Waals surface area contributed by atoms with Gasteiger partial charge in [0.15, 0.2) is 5.84 Å². The van der Waals surface area contributed by atoms with Crippen LogP contribution in [0.5, 0.6) is 0 Å². The van der Waals surface area contributed by atoms with Crippen molar-refractivity contribution >= 4 is 22.3 Å². The maximum absolute atomic E-state index is 11.2. The zero-order valence-corrected chi connectivity index (χ0v) is 10.2. The molecule has 0 atom stereocenters. The van der Waals surface area contributed by atoms with Crippen LogP contribution >= 0.6 is 0 Å². The maximum Gasteiger partial charge on any atom is 0.170 e. The largest absolute Gasteiger partial charge is 0.409 e. The third-order valence-corrected chi connectivity index (χ3v) is 4.09. The fourth-order valence-electron chi connectivity index (χ4n) is 1.80. The third-order valence-electron chi connectivity index (χ3n) is 2.81. The highest BCUT2D eigenvalue weighted by molar-refractivity contribution is 7.85. The summed E-state index contributed by atoms with van der Waals surface area (Å²) in [5.74, 6) is 1.56. The predicted molar refractivity (Wildman–Crippen MR) is 69.0 cm³/mol. The minimum atomic E-state index is -0.662. The van der Waals surface area contributed by atoms with Gasteiger partial charge < -0.3 is 15.8 Å². The van der Waals surface area contributed by atoms with E-state index in [1.165, 1.54) is 0 Å². The molecule has 1 fully saturated rings. The van der Waals surface area contributed by atoms with Gasteiger partial charge in [-0.25, -0.2) is 0 Å². The van der Waals surface area contributed by atoms with Crippen LogP contribution in [0.1, 0.15) is 5.56 Å². The first-order valence-electron chi connectivity index (χ1n) is 5.38. The Morgan fingerprint density at radius 3 is 2.41 bits per heavy atom. The molecule has 1 aromatic rings. The molecule has 5 nitrogen and oxygen atoms in total. The fourth-order valence-corrected chi connectivity index (χ4v) is 2.85. The average molecular weight is 253 g/mol. The first-order chi connectivity index (χ1) is 8.20. The van der Waals surface area contributed by atoms with Crippen LogP contribution in [0.2, 0.25) is 0 Å². The van der Waals surface area contributed by atoms with Gasteiger partial charge in [0.05, 0.1) is 0 Å². The molecule has 1 heterocycles. The first-order valence-corrected chi connectivity index (χ1v) is 6.87. The van der Waals surface area contributed by atoms with E-state index in [0.717, 1.165) is 30.3 Å². The van der Waals surface area contributed by atoms with Crippen LogP contribution in [0.25, 0.3) is 0 Å². The highest BCUT2D eigenvalue weighted by Gasteiger charge is 2.15. The lowest BCUT2D eigenvalue weighted by atomic mass is 10.2. The molecule has 92 valence electrons. The van der Waals surface area contributed by atoms with E-state index in [4.69, 9.17) is 10.9 Å². The number of benzene rings is 1. The van der Waals surface area contributed by atoms with Crippen LogP contribution in [0, 0.1) is 0 Å². The van der Waals surface area contributed by atoms with Gasteiger partial charge in [0.2, 0.25) is 0 Å². The van der Waals surface area contributed by atoms with Gasteiger partial charge in [0.25, 0.3) is 0 Å². The number of nitrogens with zero attached hydrogens (tertiary/aromatic N) is 2. The Morgan fingerprint density at radius 2 is 1.88 bits per heavy atom. The number of oxime groups is 1. The molecule has 1 saturated heterocycles. The minimum absolute atomic E-state index is 0.108. The molecule has 1 aromatic carbocycles. The van der Waals surface area contributed by atoms with Crippen molar-refractivity contribution in [1.82, 2.24) is 0 Å². The van der Waals surface area contributed by atoms with E-state index in [-0.39, 0.29) is 5.84 Å². The number of nitrogens with two attached hydrogens (primary N) is 1. The number of rotatable bonds is 2. The van der Waals surface area contributed by atoms with Gasteiger partial charge in [-0.1, -0.05) is 5.16 Å². The lowest BCUT2D eigenvalue weighted by molar-refractivity contribution is 0.318. The maximum atomic E-state index is 11.2. The van der Waals surface area contributed by atoms with Crippen molar-refractivity contribution in [3.63, 3.8) is 0 Å². The van der Waals surface area contributed by atoms with Crippen molar-refractivity contribution in [2.24, 2.45) is 10.9 Å². The van der Waals surface area contributed by atoms with E-state index in [1.54, 1.807) is 0 Å². The highest BCUT2D eigenvalue weighted by atomic mass is 32.2. The van der Waals surface area contributed by atoms with Crippen LogP contribution in [0.3, 0.4) is 0 Å². The summed E-state index contributed by atoms with van der Waals surface area (Å²) in [5.41, 5.74) is 7.26. The predicted octanol–water partition coefficient (Wildman–Crippen LogP) is 0.350. The van der Waals surface area contributed by atoms with Gasteiger partial charge in [-0.2, -0.15) is 0 Å². The molecular weight excluding hydrogens is 238 g/mol.